The highest BCUT2D eigenvalue weighted by Gasteiger charge is 2.17. The normalized spacial score (nSPS) is 10.3. The SMILES string of the molecule is O=C(O)c1ccccc1[N+](=O)[O-].O=S(=O)(O)Cc1ccccc1. The van der Waals surface area contributed by atoms with E-state index in [0.717, 1.165) is 6.07 Å². The van der Waals surface area contributed by atoms with Crippen LogP contribution in [0.2, 0.25) is 0 Å². The number of para-hydroxylation sites is 1. The van der Waals surface area contributed by atoms with Crippen LogP contribution < -0.4 is 0 Å². The monoisotopic (exact) mass is 339 g/mol. The summed E-state index contributed by atoms with van der Waals surface area (Å²) in [5, 5.41) is 18.8. The van der Waals surface area contributed by atoms with Crippen LogP contribution in [0, 0.1) is 10.1 Å². The fraction of sp³-hybridized carbons (Fsp3) is 0.0714. The number of hydrogen-bond acceptors (Lipinski definition) is 5. The van der Waals surface area contributed by atoms with Gasteiger partial charge < -0.3 is 5.11 Å². The number of carboxylic acid groups (broad SMARTS) is 1. The van der Waals surface area contributed by atoms with E-state index in [0.29, 0.717) is 5.56 Å². The van der Waals surface area contributed by atoms with Crippen LogP contribution in [0.4, 0.5) is 5.69 Å². The Morgan fingerprint density at radius 3 is 2.00 bits per heavy atom. The third-order valence-electron chi connectivity index (χ3n) is 2.52. The molecular formula is C14H13NO7S. The molecule has 0 amide bonds. The van der Waals surface area contributed by atoms with Crippen molar-refractivity contribution in [1.29, 1.82) is 0 Å². The highest BCUT2D eigenvalue weighted by Crippen LogP contribution is 2.16. The van der Waals surface area contributed by atoms with Gasteiger partial charge in [-0.15, -0.1) is 0 Å². The summed E-state index contributed by atoms with van der Waals surface area (Å²) < 4.78 is 29.2. The molecule has 0 heterocycles. The Morgan fingerprint density at radius 1 is 1.04 bits per heavy atom. The van der Waals surface area contributed by atoms with Gasteiger partial charge in [0.2, 0.25) is 0 Å². The Balaban J connectivity index is 0.000000231. The van der Waals surface area contributed by atoms with Gasteiger partial charge >= 0.3 is 5.97 Å². The molecule has 0 fully saturated rings. The van der Waals surface area contributed by atoms with Gasteiger partial charge in [0.05, 0.1) is 4.92 Å². The van der Waals surface area contributed by atoms with E-state index in [1.807, 2.05) is 0 Å². The Labute approximate surface area is 131 Å². The minimum atomic E-state index is -3.88. The average molecular weight is 339 g/mol. The van der Waals surface area contributed by atoms with Gasteiger partial charge in [-0.25, -0.2) is 4.79 Å². The summed E-state index contributed by atoms with van der Waals surface area (Å²) in [6, 6.07) is 13.7. The highest BCUT2D eigenvalue weighted by atomic mass is 32.2. The molecule has 0 unspecified atom stereocenters. The van der Waals surface area contributed by atoms with Crippen molar-refractivity contribution in [3.8, 4) is 0 Å². The molecule has 0 bridgehead atoms. The number of benzene rings is 2. The number of nitro benzene ring substituents is 1. The van der Waals surface area contributed by atoms with Crippen LogP contribution >= 0.6 is 0 Å². The predicted molar refractivity (Wildman–Crippen MR) is 81.8 cm³/mol. The van der Waals surface area contributed by atoms with Gasteiger partial charge in [-0.1, -0.05) is 42.5 Å². The number of nitro groups is 1. The third kappa shape index (κ3) is 6.68. The molecule has 0 aliphatic heterocycles. The maximum Gasteiger partial charge on any atom is 0.342 e. The number of rotatable bonds is 4. The van der Waals surface area contributed by atoms with E-state index in [1.54, 1.807) is 30.3 Å². The summed E-state index contributed by atoms with van der Waals surface area (Å²) in [6.07, 6.45) is 0. The largest absolute Gasteiger partial charge is 0.477 e. The molecule has 9 heteroatoms. The zero-order valence-electron chi connectivity index (χ0n) is 11.7. The van der Waals surface area contributed by atoms with Gasteiger partial charge in [0, 0.05) is 6.07 Å². The Bertz CT molecular complexity index is 755. The molecule has 8 nitrogen and oxygen atoms in total. The van der Waals surface area contributed by atoms with Gasteiger partial charge in [-0.3, -0.25) is 14.7 Å². The molecule has 0 saturated heterocycles. The molecule has 0 spiro atoms. The standard InChI is InChI=1S/C7H5NO4.C7H8O3S/c9-7(10)5-3-1-2-4-6(5)8(11)12;8-11(9,10)6-7-4-2-1-3-5-7/h1-4H,(H,9,10);1-5H,6H2,(H,8,9,10). The summed E-state index contributed by atoms with van der Waals surface area (Å²) in [5.41, 5.74) is -0.0810. The molecule has 0 atom stereocenters. The summed E-state index contributed by atoms with van der Waals surface area (Å²) in [6.45, 7) is 0. The van der Waals surface area contributed by atoms with Gasteiger partial charge in [0.25, 0.3) is 15.8 Å². The lowest BCUT2D eigenvalue weighted by atomic mass is 10.2. The number of aromatic carboxylic acids is 1. The molecule has 0 aliphatic carbocycles. The molecule has 23 heavy (non-hydrogen) atoms. The van der Waals surface area contributed by atoms with Crippen molar-refractivity contribution in [2.24, 2.45) is 0 Å². The summed E-state index contributed by atoms with van der Waals surface area (Å²) >= 11 is 0. The maximum atomic E-state index is 10.4. The van der Waals surface area contributed by atoms with Gasteiger partial charge in [-0.2, -0.15) is 8.42 Å². The first-order valence-corrected chi connectivity index (χ1v) is 7.77. The Hall–Kier alpha value is -2.78. The van der Waals surface area contributed by atoms with Crippen LogP contribution in [0.15, 0.2) is 54.6 Å². The lowest BCUT2D eigenvalue weighted by Crippen LogP contribution is -2.01. The summed E-state index contributed by atoms with van der Waals surface area (Å²) in [5.74, 6) is -1.60. The van der Waals surface area contributed by atoms with Crippen LogP contribution in [-0.2, 0) is 15.9 Å². The van der Waals surface area contributed by atoms with Crippen LogP contribution in [0.1, 0.15) is 15.9 Å². The van der Waals surface area contributed by atoms with Crippen molar-refractivity contribution in [3.63, 3.8) is 0 Å². The summed E-state index contributed by atoms with van der Waals surface area (Å²) in [4.78, 5) is 20.0. The van der Waals surface area contributed by atoms with Gasteiger partial charge in [-0.05, 0) is 11.6 Å². The molecule has 2 rings (SSSR count). The minimum Gasteiger partial charge on any atom is -0.477 e. The predicted octanol–water partition coefficient (Wildman–Crippen LogP) is 2.37. The summed E-state index contributed by atoms with van der Waals surface area (Å²) in [7, 11) is -3.88. The molecule has 0 aliphatic rings. The molecule has 0 radical (unpaired) electrons. The van der Waals surface area contributed by atoms with Crippen molar-refractivity contribution in [3.05, 3.63) is 75.8 Å². The van der Waals surface area contributed by atoms with Crippen molar-refractivity contribution >= 4 is 21.8 Å². The number of hydrogen-bond donors (Lipinski definition) is 2. The molecule has 2 N–H and O–H groups in total. The maximum absolute atomic E-state index is 10.4. The number of carboxylic acids is 1. The van der Waals surface area contributed by atoms with E-state index in [2.05, 4.69) is 0 Å². The molecule has 122 valence electrons. The van der Waals surface area contributed by atoms with Crippen LogP contribution in [0.25, 0.3) is 0 Å². The van der Waals surface area contributed by atoms with Crippen molar-refractivity contribution in [2.75, 3.05) is 0 Å². The van der Waals surface area contributed by atoms with Crippen LogP contribution in [0.3, 0.4) is 0 Å². The number of nitrogens with zero attached hydrogens (tertiary/aromatic N) is 1. The fourth-order valence-corrected chi connectivity index (χ4v) is 2.21. The molecule has 0 saturated carbocycles. The molecule has 2 aromatic carbocycles. The van der Waals surface area contributed by atoms with E-state index in [1.165, 1.54) is 18.2 Å². The number of carbonyl (C=O) groups is 1. The van der Waals surface area contributed by atoms with Crippen molar-refractivity contribution in [1.82, 2.24) is 0 Å². The van der Waals surface area contributed by atoms with Gasteiger partial charge in [0.1, 0.15) is 11.3 Å². The first-order chi connectivity index (χ1) is 10.7. The smallest absolute Gasteiger partial charge is 0.342 e. The lowest BCUT2D eigenvalue weighted by molar-refractivity contribution is -0.385. The lowest BCUT2D eigenvalue weighted by Gasteiger charge is -1.95. The fourth-order valence-electron chi connectivity index (χ4n) is 1.60. The average Bonchev–Trinajstić information content (AvgIpc) is 2.47. The minimum absolute atomic E-state index is 0.289. The third-order valence-corrected chi connectivity index (χ3v) is 3.22. The quantitative estimate of drug-likeness (QED) is 0.496. The van der Waals surface area contributed by atoms with E-state index < -0.39 is 21.0 Å². The first kappa shape index (κ1) is 18.3. The zero-order chi connectivity index (χ0) is 17.5. The van der Waals surface area contributed by atoms with E-state index in [-0.39, 0.29) is 17.0 Å². The Morgan fingerprint density at radius 2 is 1.57 bits per heavy atom. The molecule has 0 aromatic heterocycles. The zero-order valence-corrected chi connectivity index (χ0v) is 12.5. The molecular weight excluding hydrogens is 326 g/mol. The Kier molecular flexibility index (Phi) is 6.36. The van der Waals surface area contributed by atoms with Crippen LogP contribution in [-0.4, -0.2) is 29.0 Å². The van der Waals surface area contributed by atoms with Crippen molar-refractivity contribution in [2.45, 2.75) is 5.75 Å². The van der Waals surface area contributed by atoms with E-state index >= 15 is 0 Å². The van der Waals surface area contributed by atoms with Crippen LogP contribution in [0.5, 0.6) is 0 Å². The molecule has 2 aromatic rings. The van der Waals surface area contributed by atoms with Crippen molar-refractivity contribution < 1.29 is 27.8 Å². The topological polar surface area (TPSA) is 135 Å². The second-order valence-electron chi connectivity index (χ2n) is 4.29. The first-order valence-electron chi connectivity index (χ1n) is 6.16. The van der Waals surface area contributed by atoms with E-state index in [9.17, 15) is 23.3 Å². The highest BCUT2D eigenvalue weighted by molar-refractivity contribution is 7.85. The van der Waals surface area contributed by atoms with E-state index in [4.69, 9.17) is 9.66 Å². The van der Waals surface area contributed by atoms with Gasteiger partial charge in [0.15, 0.2) is 0 Å². The second-order valence-corrected chi connectivity index (χ2v) is 5.74. The second kappa shape index (κ2) is 8.01.